The lowest BCUT2D eigenvalue weighted by Gasteiger charge is -2.15. The largest absolute Gasteiger partial charge is 0.573 e. The minimum atomic E-state index is -4.74. The summed E-state index contributed by atoms with van der Waals surface area (Å²) in [7, 11) is 4.02. The fraction of sp³-hybridized carbons (Fsp3) is 0.318. The highest BCUT2D eigenvalue weighted by molar-refractivity contribution is 5.68. The second-order valence-corrected chi connectivity index (χ2v) is 7.43. The Labute approximate surface area is 184 Å². The molecule has 2 aromatic heterocycles. The van der Waals surface area contributed by atoms with E-state index in [4.69, 9.17) is 0 Å². The molecular formula is C22H25F3N6O. The molecule has 0 unspecified atom stereocenters. The number of rotatable bonds is 9. The smallest absolute Gasteiger partial charge is 0.406 e. The third-order valence-electron chi connectivity index (χ3n) is 4.46. The first-order valence-electron chi connectivity index (χ1n) is 10.0. The minimum absolute atomic E-state index is 0.274. The molecule has 3 rings (SSSR count). The monoisotopic (exact) mass is 446 g/mol. The van der Waals surface area contributed by atoms with E-state index in [0.717, 1.165) is 18.5 Å². The topological polar surface area (TPSA) is 75.2 Å². The van der Waals surface area contributed by atoms with Gasteiger partial charge in [0, 0.05) is 36.3 Å². The number of pyridine rings is 1. The molecule has 0 atom stereocenters. The Hall–Kier alpha value is -3.40. The molecule has 170 valence electrons. The summed E-state index contributed by atoms with van der Waals surface area (Å²) in [5, 5.41) is 6.41. The zero-order valence-electron chi connectivity index (χ0n) is 18.1. The number of nitrogens with one attached hydrogen (secondary N) is 2. The Balaban J connectivity index is 1.84. The van der Waals surface area contributed by atoms with Gasteiger partial charge in [-0.1, -0.05) is 0 Å². The van der Waals surface area contributed by atoms with E-state index in [9.17, 15) is 13.2 Å². The minimum Gasteiger partial charge on any atom is -0.406 e. The van der Waals surface area contributed by atoms with Gasteiger partial charge in [-0.2, -0.15) is 4.98 Å². The first kappa shape index (κ1) is 23.3. The Bertz CT molecular complexity index is 1030. The second kappa shape index (κ2) is 10.3. The number of aromatic nitrogens is 3. The average molecular weight is 446 g/mol. The summed E-state index contributed by atoms with van der Waals surface area (Å²) in [5.74, 6) is 0.689. The summed E-state index contributed by atoms with van der Waals surface area (Å²) in [4.78, 5) is 15.2. The predicted octanol–water partition coefficient (Wildman–Crippen LogP) is 4.85. The zero-order chi connectivity index (χ0) is 23.1. The van der Waals surface area contributed by atoms with Gasteiger partial charge in [0.25, 0.3) is 0 Å². The molecule has 0 saturated heterocycles. The quantitative estimate of drug-likeness (QED) is 0.455. The highest BCUT2D eigenvalue weighted by atomic mass is 19.4. The van der Waals surface area contributed by atoms with Crippen LogP contribution in [-0.4, -0.2) is 53.4 Å². The SMILES string of the molecule is Cc1cc(OC(F)(F)F)ccc1Nc1cc(-c2ccncc2)nc(NCCCN(C)C)n1. The summed E-state index contributed by atoms with van der Waals surface area (Å²) < 4.78 is 41.4. The molecule has 2 N–H and O–H groups in total. The first-order chi connectivity index (χ1) is 15.2. The molecule has 0 radical (unpaired) electrons. The second-order valence-electron chi connectivity index (χ2n) is 7.43. The van der Waals surface area contributed by atoms with Crippen LogP contribution in [0.4, 0.5) is 30.6 Å². The van der Waals surface area contributed by atoms with Crippen molar-refractivity contribution in [3.05, 3.63) is 54.4 Å². The van der Waals surface area contributed by atoms with Gasteiger partial charge >= 0.3 is 6.36 Å². The van der Waals surface area contributed by atoms with Crippen molar-refractivity contribution in [2.75, 3.05) is 37.8 Å². The maximum atomic E-state index is 12.5. The Morgan fingerprint density at radius 3 is 2.44 bits per heavy atom. The summed E-state index contributed by atoms with van der Waals surface area (Å²) in [6.07, 6.45) is -0.463. The zero-order valence-corrected chi connectivity index (χ0v) is 18.1. The van der Waals surface area contributed by atoms with Gasteiger partial charge in [0.1, 0.15) is 11.6 Å². The molecule has 0 amide bonds. The molecule has 10 heteroatoms. The van der Waals surface area contributed by atoms with Gasteiger partial charge in [0.15, 0.2) is 0 Å². The molecule has 1 aromatic carbocycles. The van der Waals surface area contributed by atoms with E-state index in [1.54, 1.807) is 25.4 Å². The molecule has 2 heterocycles. The molecule has 0 aliphatic carbocycles. The van der Waals surface area contributed by atoms with Gasteiger partial charge in [-0.05, 0) is 69.9 Å². The number of hydrogen-bond acceptors (Lipinski definition) is 7. The van der Waals surface area contributed by atoms with Gasteiger partial charge in [0.2, 0.25) is 5.95 Å². The third kappa shape index (κ3) is 7.09. The lowest BCUT2D eigenvalue weighted by molar-refractivity contribution is -0.274. The number of nitrogens with zero attached hydrogens (tertiary/aromatic N) is 4. The molecule has 0 aliphatic heterocycles. The number of aryl methyl sites for hydroxylation is 1. The number of ether oxygens (including phenoxy) is 1. The van der Waals surface area contributed by atoms with E-state index in [2.05, 4.69) is 35.2 Å². The molecule has 0 saturated carbocycles. The van der Waals surface area contributed by atoms with Crippen molar-refractivity contribution in [3.63, 3.8) is 0 Å². The fourth-order valence-electron chi connectivity index (χ4n) is 2.97. The summed E-state index contributed by atoms with van der Waals surface area (Å²) >= 11 is 0. The fourth-order valence-corrected chi connectivity index (χ4v) is 2.97. The van der Waals surface area contributed by atoms with Crippen LogP contribution in [0.5, 0.6) is 5.75 Å². The van der Waals surface area contributed by atoms with Crippen molar-refractivity contribution < 1.29 is 17.9 Å². The van der Waals surface area contributed by atoms with Gasteiger partial charge < -0.3 is 20.3 Å². The summed E-state index contributed by atoms with van der Waals surface area (Å²) in [6, 6.07) is 9.57. The molecule has 32 heavy (non-hydrogen) atoms. The standard InChI is InChI=1S/C22H25F3N6O/c1-15-13-17(32-22(23,24)25)5-6-18(15)28-20-14-19(16-7-10-26-11-8-16)29-21(30-20)27-9-4-12-31(2)3/h5-8,10-11,13-14H,4,9,12H2,1-3H3,(H2,27,28,29,30). The van der Waals surface area contributed by atoms with Crippen LogP contribution in [0.1, 0.15) is 12.0 Å². The molecular weight excluding hydrogens is 421 g/mol. The van der Waals surface area contributed by atoms with Crippen LogP contribution in [0.25, 0.3) is 11.3 Å². The van der Waals surface area contributed by atoms with E-state index in [1.165, 1.54) is 18.2 Å². The van der Waals surface area contributed by atoms with E-state index < -0.39 is 6.36 Å². The maximum Gasteiger partial charge on any atom is 0.573 e. The lowest BCUT2D eigenvalue weighted by atomic mass is 10.1. The van der Waals surface area contributed by atoms with Gasteiger partial charge in [-0.15, -0.1) is 13.2 Å². The molecule has 0 bridgehead atoms. The highest BCUT2D eigenvalue weighted by Gasteiger charge is 2.31. The van der Waals surface area contributed by atoms with Crippen molar-refractivity contribution >= 4 is 17.5 Å². The number of benzene rings is 1. The Kier molecular flexibility index (Phi) is 7.47. The van der Waals surface area contributed by atoms with E-state index in [-0.39, 0.29) is 5.75 Å². The van der Waals surface area contributed by atoms with Gasteiger partial charge in [-0.3, -0.25) is 4.98 Å². The van der Waals surface area contributed by atoms with Crippen LogP contribution >= 0.6 is 0 Å². The number of anilines is 3. The van der Waals surface area contributed by atoms with Crippen molar-refractivity contribution in [1.82, 2.24) is 19.9 Å². The number of hydrogen-bond donors (Lipinski definition) is 2. The van der Waals surface area contributed by atoms with Crippen molar-refractivity contribution in [2.24, 2.45) is 0 Å². The maximum absolute atomic E-state index is 12.5. The number of alkyl halides is 3. The summed E-state index contributed by atoms with van der Waals surface area (Å²) in [5.41, 5.74) is 2.75. The van der Waals surface area contributed by atoms with Crippen LogP contribution in [0.2, 0.25) is 0 Å². The van der Waals surface area contributed by atoms with E-state index >= 15 is 0 Å². The normalized spacial score (nSPS) is 11.5. The van der Waals surface area contributed by atoms with Gasteiger partial charge in [-0.25, -0.2) is 4.98 Å². The average Bonchev–Trinajstić information content (AvgIpc) is 2.72. The predicted molar refractivity (Wildman–Crippen MR) is 118 cm³/mol. The Morgan fingerprint density at radius 2 is 1.78 bits per heavy atom. The highest BCUT2D eigenvalue weighted by Crippen LogP contribution is 2.29. The van der Waals surface area contributed by atoms with Crippen molar-refractivity contribution in [1.29, 1.82) is 0 Å². The molecule has 0 aliphatic rings. The van der Waals surface area contributed by atoms with E-state index in [1.807, 2.05) is 26.2 Å². The van der Waals surface area contributed by atoms with Crippen LogP contribution in [-0.2, 0) is 0 Å². The van der Waals surface area contributed by atoms with Gasteiger partial charge in [0.05, 0.1) is 5.69 Å². The summed E-state index contributed by atoms with van der Waals surface area (Å²) in [6.45, 7) is 3.31. The van der Waals surface area contributed by atoms with Crippen LogP contribution < -0.4 is 15.4 Å². The third-order valence-corrected chi connectivity index (χ3v) is 4.46. The molecule has 7 nitrogen and oxygen atoms in total. The molecule has 0 spiro atoms. The molecule has 0 fully saturated rings. The first-order valence-corrected chi connectivity index (χ1v) is 10.0. The number of halogens is 3. The van der Waals surface area contributed by atoms with Crippen molar-refractivity contribution in [2.45, 2.75) is 19.7 Å². The van der Waals surface area contributed by atoms with Crippen molar-refractivity contribution in [3.8, 4) is 17.0 Å². The lowest BCUT2D eigenvalue weighted by Crippen LogP contribution is -2.17. The van der Waals surface area contributed by atoms with Crippen LogP contribution in [0.15, 0.2) is 48.8 Å². The van der Waals surface area contributed by atoms with Crippen LogP contribution in [0.3, 0.4) is 0 Å². The van der Waals surface area contributed by atoms with E-state index in [0.29, 0.717) is 35.3 Å². The molecule has 3 aromatic rings. The van der Waals surface area contributed by atoms with Crippen LogP contribution in [0, 0.1) is 6.92 Å². The Morgan fingerprint density at radius 1 is 1.03 bits per heavy atom.